The number of hydrogen-bond donors (Lipinski definition) is 1. The van der Waals surface area contributed by atoms with Crippen molar-refractivity contribution in [2.75, 3.05) is 20.3 Å². The number of rotatable bonds is 7. The molecule has 1 aromatic carbocycles. The predicted octanol–water partition coefficient (Wildman–Crippen LogP) is 4.25. The Morgan fingerprint density at radius 1 is 1.06 bits per heavy atom. The lowest BCUT2D eigenvalue weighted by molar-refractivity contribution is -0.133. The van der Waals surface area contributed by atoms with Crippen molar-refractivity contribution in [2.45, 2.75) is 70.0 Å². The minimum Gasteiger partial charge on any atom is -0.385 e. The molecule has 1 saturated carbocycles. The van der Waals surface area contributed by atoms with Gasteiger partial charge in [-0.15, -0.1) is 0 Å². The van der Waals surface area contributed by atoms with E-state index in [0.29, 0.717) is 31.8 Å². The van der Waals surface area contributed by atoms with Crippen LogP contribution in [-0.4, -0.2) is 53.1 Å². The Kier molecular flexibility index (Phi) is 6.99. The van der Waals surface area contributed by atoms with Crippen molar-refractivity contribution in [1.29, 1.82) is 0 Å². The molecule has 1 N–H and O–H groups in total. The first kappa shape index (κ1) is 22.6. The number of hydrogen-bond acceptors (Lipinski definition) is 3. The lowest BCUT2D eigenvalue weighted by Gasteiger charge is -2.45. The van der Waals surface area contributed by atoms with Crippen molar-refractivity contribution >= 4 is 11.8 Å². The normalized spacial score (nSPS) is 21.8. The molecule has 6 nitrogen and oxygen atoms in total. The maximum Gasteiger partial charge on any atom is 0.271 e. The first-order valence-electron chi connectivity index (χ1n) is 11.9. The van der Waals surface area contributed by atoms with E-state index in [2.05, 4.69) is 5.32 Å². The van der Waals surface area contributed by atoms with Crippen LogP contribution in [0.1, 0.15) is 62.4 Å². The molecule has 2 aromatic rings. The topological polar surface area (TPSA) is 63.6 Å². The van der Waals surface area contributed by atoms with Gasteiger partial charge in [0.05, 0.1) is 6.54 Å². The van der Waals surface area contributed by atoms with Crippen molar-refractivity contribution in [1.82, 2.24) is 14.8 Å². The summed E-state index contributed by atoms with van der Waals surface area (Å²) in [6.07, 6.45) is 7.50. The van der Waals surface area contributed by atoms with Crippen molar-refractivity contribution < 1.29 is 14.3 Å². The standard InChI is InChI=1S/C26H35N3O3/c1-26(25(31)27-21-13-8-3-4-9-14-21)19-28-22(20-11-6-5-7-12-20)15-16-23(28)24(30)29(26)17-10-18-32-2/h5-7,11-12,15-16,21H,3-4,8-10,13-14,17-19H2,1-2H3,(H,27,31). The number of nitrogens with zero attached hydrogens (tertiary/aromatic N) is 2. The highest BCUT2D eigenvalue weighted by atomic mass is 16.5. The number of nitrogens with one attached hydrogen (secondary N) is 1. The van der Waals surface area contributed by atoms with Gasteiger partial charge in [0.1, 0.15) is 11.2 Å². The summed E-state index contributed by atoms with van der Waals surface area (Å²) in [7, 11) is 1.66. The van der Waals surface area contributed by atoms with E-state index in [1.54, 1.807) is 12.0 Å². The molecule has 32 heavy (non-hydrogen) atoms. The zero-order valence-corrected chi connectivity index (χ0v) is 19.3. The highest BCUT2D eigenvalue weighted by molar-refractivity contribution is 6.00. The predicted molar refractivity (Wildman–Crippen MR) is 125 cm³/mol. The van der Waals surface area contributed by atoms with E-state index in [0.717, 1.165) is 36.9 Å². The van der Waals surface area contributed by atoms with Crippen LogP contribution >= 0.6 is 0 Å². The Bertz CT molecular complexity index is 931. The average Bonchev–Trinajstić information content (AvgIpc) is 3.04. The summed E-state index contributed by atoms with van der Waals surface area (Å²) >= 11 is 0. The van der Waals surface area contributed by atoms with Crippen molar-refractivity contribution in [3.63, 3.8) is 0 Å². The summed E-state index contributed by atoms with van der Waals surface area (Å²) < 4.78 is 7.24. The fourth-order valence-corrected chi connectivity index (χ4v) is 5.12. The van der Waals surface area contributed by atoms with E-state index in [4.69, 9.17) is 4.74 Å². The zero-order chi connectivity index (χ0) is 22.6. The fourth-order valence-electron chi connectivity index (χ4n) is 5.12. The van der Waals surface area contributed by atoms with Gasteiger partial charge in [-0.2, -0.15) is 0 Å². The Hall–Kier alpha value is -2.60. The summed E-state index contributed by atoms with van der Waals surface area (Å²) in [5.41, 5.74) is 1.71. The van der Waals surface area contributed by atoms with Crippen LogP contribution in [0.15, 0.2) is 42.5 Å². The molecule has 1 aliphatic heterocycles. The third-order valence-electron chi connectivity index (χ3n) is 6.99. The number of benzene rings is 1. The number of amides is 2. The van der Waals surface area contributed by atoms with E-state index in [9.17, 15) is 9.59 Å². The summed E-state index contributed by atoms with van der Waals surface area (Å²) in [6.45, 7) is 3.41. The molecule has 1 aliphatic carbocycles. The molecule has 1 aromatic heterocycles. The molecule has 4 rings (SSSR count). The van der Waals surface area contributed by atoms with Crippen molar-refractivity contribution in [2.24, 2.45) is 0 Å². The summed E-state index contributed by atoms with van der Waals surface area (Å²) in [5.74, 6) is -0.137. The molecule has 2 heterocycles. The van der Waals surface area contributed by atoms with Crippen LogP contribution in [0.2, 0.25) is 0 Å². The SMILES string of the molecule is COCCCN1C(=O)c2ccc(-c3ccccc3)n2CC1(C)C(=O)NC1CCCCCC1. The monoisotopic (exact) mass is 437 g/mol. The Morgan fingerprint density at radius 2 is 1.75 bits per heavy atom. The molecule has 2 amide bonds. The third kappa shape index (κ3) is 4.46. The molecule has 1 atom stereocenters. The van der Waals surface area contributed by atoms with Gasteiger partial charge in [-0.1, -0.05) is 56.0 Å². The molecule has 0 saturated heterocycles. The van der Waals surface area contributed by atoms with E-state index >= 15 is 0 Å². The van der Waals surface area contributed by atoms with Crippen LogP contribution < -0.4 is 5.32 Å². The Balaban J connectivity index is 1.66. The van der Waals surface area contributed by atoms with Crippen LogP contribution in [0, 0.1) is 0 Å². The van der Waals surface area contributed by atoms with Crippen molar-refractivity contribution in [3.05, 3.63) is 48.2 Å². The molecule has 2 aliphatic rings. The van der Waals surface area contributed by atoms with E-state index in [1.807, 2.05) is 54.0 Å². The quantitative estimate of drug-likeness (QED) is 0.520. The van der Waals surface area contributed by atoms with Gasteiger partial charge < -0.3 is 19.5 Å². The molecule has 0 radical (unpaired) electrons. The second kappa shape index (κ2) is 9.90. The third-order valence-corrected chi connectivity index (χ3v) is 6.99. The number of aromatic nitrogens is 1. The minimum absolute atomic E-state index is 0.0477. The van der Waals surface area contributed by atoms with Crippen LogP contribution in [0.5, 0.6) is 0 Å². The van der Waals surface area contributed by atoms with Gasteiger partial charge in [0.15, 0.2) is 0 Å². The smallest absolute Gasteiger partial charge is 0.271 e. The van der Waals surface area contributed by atoms with Gasteiger partial charge in [0, 0.05) is 32.0 Å². The average molecular weight is 438 g/mol. The molecule has 1 unspecified atom stereocenters. The second-order valence-electron chi connectivity index (χ2n) is 9.29. The largest absolute Gasteiger partial charge is 0.385 e. The van der Waals surface area contributed by atoms with Gasteiger partial charge in [-0.25, -0.2) is 0 Å². The second-order valence-corrected chi connectivity index (χ2v) is 9.29. The van der Waals surface area contributed by atoms with E-state index in [1.165, 1.54) is 12.8 Å². The van der Waals surface area contributed by atoms with Gasteiger partial charge in [-0.05, 0) is 43.9 Å². The molecular formula is C26H35N3O3. The first-order chi connectivity index (χ1) is 15.5. The minimum atomic E-state index is -0.952. The zero-order valence-electron chi connectivity index (χ0n) is 19.3. The number of ether oxygens (including phenoxy) is 1. The highest BCUT2D eigenvalue weighted by Crippen LogP contribution is 2.33. The lowest BCUT2D eigenvalue weighted by Crippen LogP contribution is -2.65. The van der Waals surface area contributed by atoms with Gasteiger partial charge in [0.2, 0.25) is 5.91 Å². The van der Waals surface area contributed by atoms with Gasteiger partial charge in [-0.3, -0.25) is 9.59 Å². The maximum atomic E-state index is 13.7. The molecule has 1 fully saturated rings. The van der Waals surface area contributed by atoms with Crippen LogP contribution in [0.25, 0.3) is 11.3 Å². The first-order valence-corrected chi connectivity index (χ1v) is 11.9. The number of carbonyl (C=O) groups excluding carboxylic acids is 2. The summed E-state index contributed by atoms with van der Waals surface area (Å²) in [6, 6.07) is 14.1. The Morgan fingerprint density at radius 3 is 2.44 bits per heavy atom. The fraction of sp³-hybridized carbons (Fsp3) is 0.538. The van der Waals surface area contributed by atoms with Gasteiger partial charge >= 0.3 is 0 Å². The molecular weight excluding hydrogens is 402 g/mol. The molecule has 172 valence electrons. The van der Waals surface area contributed by atoms with E-state index in [-0.39, 0.29) is 17.9 Å². The summed E-state index contributed by atoms with van der Waals surface area (Å²) in [5, 5.41) is 3.31. The molecule has 6 heteroatoms. The number of carbonyl (C=O) groups is 2. The van der Waals surface area contributed by atoms with Gasteiger partial charge in [0.25, 0.3) is 5.91 Å². The molecule has 0 spiro atoms. The van der Waals surface area contributed by atoms with Crippen LogP contribution in [-0.2, 0) is 16.1 Å². The number of fused-ring (bicyclic) bond motifs is 1. The maximum absolute atomic E-state index is 13.7. The Labute approximate surface area is 190 Å². The van der Waals surface area contributed by atoms with E-state index < -0.39 is 5.54 Å². The lowest BCUT2D eigenvalue weighted by atomic mass is 9.93. The highest BCUT2D eigenvalue weighted by Gasteiger charge is 2.47. The number of methoxy groups -OCH3 is 1. The van der Waals surface area contributed by atoms with Crippen molar-refractivity contribution in [3.8, 4) is 11.3 Å². The molecule has 0 bridgehead atoms. The van der Waals surface area contributed by atoms with Crippen LogP contribution in [0.4, 0.5) is 0 Å². The summed E-state index contributed by atoms with van der Waals surface area (Å²) in [4.78, 5) is 29.1. The van der Waals surface area contributed by atoms with Crippen LogP contribution in [0.3, 0.4) is 0 Å².